The van der Waals surface area contributed by atoms with Gasteiger partial charge in [0.1, 0.15) is 0 Å². The van der Waals surface area contributed by atoms with Crippen molar-refractivity contribution in [2.24, 2.45) is 0 Å². The van der Waals surface area contributed by atoms with Crippen LogP contribution in [0.1, 0.15) is 25.0 Å². The molecular weight excluding hydrogens is 372 g/mol. The fourth-order valence-electron chi connectivity index (χ4n) is 2.93. The van der Waals surface area contributed by atoms with Crippen molar-refractivity contribution in [2.45, 2.75) is 27.7 Å². The molecule has 128 valence electrons. The summed E-state index contributed by atoms with van der Waals surface area (Å²) in [6.45, 7) is 9.67. The number of H-pyrrole nitrogens is 1. The van der Waals surface area contributed by atoms with E-state index in [1.54, 1.807) is 5.12 Å². The van der Waals surface area contributed by atoms with Crippen molar-refractivity contribution in [3.05, 3.63) is 38.1 Å². The van der Waals surface area contributed by atoms with Crippen LogP contribution in [0.5, 0.6) is 0 Å². The monoisotopic (exact) mass is 392 g/mol. The lowest BCUT2D eigenvalue weighted by Gasteiger charge is -2.22. The molecule has 0 saturated heterocycles. The third kappa shape index (κ3) is 2.82. The number of hydrogen-bond donors (Lipinski definition) is 3. The maximum atomic E-state index is 12.4. The van der Waals surface area contributed by atoms with Crippen molar-refractivity contribution in [1.29, 1.82) is 0 Å². The van der Waals surface area contributed by atoms with Crippen LogP contribution in [-0.2, 0) is 0 Å². The van der Waals surface area contributed by atoms with E-state index in [-0.39, 0.29) is 5.56 Å². The SMILES string of the molecule is CCN(CC)c1nc2c(c(=O)[nH]1)NN(c1c(C)cc(Br)cc1C)N2. The molecule has 1 aromatic carbocycles. The molecule has 0 aliphatic carbocycles. The molecule has 0 unspecified atom stereocenters. The average Bonchev–Trinajstić information content (AvgIpc) is 2.91. The molecule has 0 saturated carbocycles. The fourth-order valence-corrected chi connectivity index (χ4v) is 3.62. The molecule has 2 aromatic rings. The van der Waals surface area contributed by atoms with Crippen LogP contribution >= 0.6 is 15.9 Å². The Morgan fingerprint density at radius 1 is 1.17 bits per heavy atom. The highest BCUT2D eigenvalue weighted by Gasteiger charge is 2.26. The third-order valence-electron chi connectivity index (χ3n) is 4.09. The number of hydrogen-bond acceptors (Lipinski definition) is 6. The highest BCUT2D eigenvalue weighted by atomic mass is 79.9. The summed E-state index contributed by atoms with van der Waals surface area (Å²) in [5.41, 5.74) is 9.65. The normalized spacial score (nSPS) is 12.6. The molecule has 7 nitrogen and oxygen atoms in total. The molecule has 3 rings (SSSR count). The smallest absolute Gasteiger partial charge is 0.279 e. The zero-order valence-corrected chi connectivity index (χ0v) is 15.8. The van der Waals surface area contributed by atoms with Gasteiger partial charge in [0, 0.05) is 17.6 Å². The van der Waals surface area contributed by atoms with Gasteiger partial charge in [-0.1, -0.05) is 15.9 Å². The molecule has 24 heavy (non-hydrogen) atoms. The second-order valence-electron chi connectivity index (χ2n) is 5.73. The van der Waals surface area contributed by atoms with Gasteiger partial charge in [0.05, 0.1) is 5.69 Å². The first-order chi connectivity index (χ1) is 11.4. The van der Waals surface area contributed by atoms with Gasteiger partial charge >= 0.3 is 0 Å². The zero-order valence-electron chi connectivity index (χ0n) is 14.2. The standard InChI is InChI=1S/C16H21BrN6O/c1-5-22(6-2)16-18-14-12(15(24)19-16)20-23(21-14)13-9(3)7-11(17)8-10(13)4/h7-8,20H,5-6H2,1-4H3,(H2,18,19,21,24). The summed E-state index contributed by atoms with van der Waals surface area (Å²) >= 11 is 3.50. The second-order valence-corrected chi connectivity index (χ2v) is 6.65. The van der Waals surface area contributed by atoms with E-state index in [1.165, 1.54) is 0 Å². The van der Waals surface area contributed by atoms with Gasteiger partial charge < -0.3 is 4.90 Å². The van der Waals surface area contributed by atoms with Gasteiger partial charge in [0.2, 0.25) is 5.95 Å². The van der Waals surface area contributed by atoms with Crippen LogP contribution in [0.4, 0.5) is 23.1 Å². The largest absolute Gasteiger partial charge is 0.343 e. The summed E-state index contributed by atoms with van der Waals surface area (Å²) in [4.78, 5) is 21.8. The first-order valence-corrected chi connectivity index (χ1v) is 8.73. The number of nitrogens with one attached hydrogen (secondary N) is 3. The van der Waals surface area contributed by atoms with Crippen molar-refractivity contribution in [3.63, 3.8) is 0 Å². The van der Waals surface area contributed by atoms with E-state index in [4.69, 9.17) is 0 Å². The lowest BCUT2D eigenvalue weighted by Crippen LogP contribution is -2.31. The Hall–Kier alpha value is -2.22. The Bertz CT molecular complexity index is 807. The summed E-state index contributed by atoms with van der Waals surface area (Å²) in [6.07, 6.45) is 0. The summed E-state index contributed by atoms with van der Waals surface area (Å²) in [7, 11) is 0. The molecular formula is C16H21BrN6O. The van der Waals surface area contributed by atoms with Gasteiger partial charge in [0.15, 0.2) is 11.5 Å². The van der Waals surface area contributed by atoms with E-state index < -0.39 is 0 Å². The lowest BCUT2D eigenvalue weighted by atomic mass is 10.1. The average molecular weight is 393 g/mol. The number of benzene rings is 1. The summed E-state index contributed by atoms with van der Waals surface area (Å²) in [5, 5.41) is 1.75. The number of aromatic amines is 1. The molecule has 3 N–H and O–H groups in total. The maximum absolute atomic E-state index is 12.4. The zero-order chi connectivity index (χ0) is 17.4. The maximum Gasteiger partial charge on any atom is 0.279 e. The number of rotatable bonds is 4. The molecule has 1 aromatic heterocycles. The number of nitrogens with zero attached hydrogens (tertiary/aromatic N) is 3. The van der Waals surface area contributed by atoms with Crippen LogP contribution in [0.2, 0.25) is 0 Å². The Morgan fingerprint density at radius 2 is 1.79 bits per heavy atom. The number of fused-ring (bicyclic) bond motifs is 1. The van der Waals surface area contributed by atoms with Crippen molar-refractivity contribution < 1.29 is 0 Å². The van der Waals surface area contributed by atoms with E-state index >= 15 is 0 Å². The second kappa shape index (κ2) is 6.35. The van der Waals surface area contributed by atoms with E-state index in [0.29, 0.717) is 17.5 Å². The lowest BCUT2D eigenvalue weighted by molar-refractivity contribution is 0.819. The van der Waals surface area contributed by atoms with Crippen LogP contribution < -0.4 is 26.4 Å². The first kappa shape index (κ1) is 16.6. The number of anilines is 4. The van der Waals surface area contributed by atoms with E-state index in [1.807, 2.05) is 44.7 Å². The molecule has 0 amide bonds. The molecule has 2 heterocycles. The Kier molecular flexibility index (Phi) is 4.40. The highest BCUT2D eigenvalue weighted by molar-refractivity contribution is 9.10. The molecule has 0 atom stereocenters. The third-order valence-corrected chi connectivity index (χ3v) is 4.55. The van der Waals surface area contributed by atoms with Crippen LogP contribution in [0, 0.1) is 13.8 Å². The quantitative estimate of drug-likeness (QED) is 0.741. The van der Waals surface area contributed by atoms with Crippen molar-refractivity contribution in [3.8, 4) is 0 Å². The summed E-state index contributed by atoms with van der Waals surface area (Å²) in [6, 6.07) is 4.07. The Labute approximate surface area is 149 Å². The molecule has 1 aliphatic heterocycles. The minimum atomic E-state index is -0.190. The van der Waals surface area contributed by atoms with Gasteiger partial charge in [-0.05, 0) is 51.0 Å². The Balaban J connectivity index is 1.98. The van der Waals surface area contributed by atoms with E-state index in [0.717, 1.165) is 34.4 Å². The predicted octanol–water partition coefficient (Wildman–Crippen LogP) is 3.17. The van der Waals surface area contributed by atoms with E-state index in [2.05, 4.69) is 36.7 Å². The van der Waals surface area contributed by atoms with Gasteiger partial charge in [-0.15, -0.1) is 0 Å². The van der Waals surface area contributed by atoms with E-state index in [9.17, 15) is 4.79 Å². The summed E-state index contributed by atoms with van der Waals surface area (Å²) < 4.78 is 1.03. The van der Waals surface area contributed by atoms with Crippen LogP contribution in [0.15, 0.2) is 21.4 Å². The minimum Gasteiger partial charge on any atom is -0.343 e. The van der Waals surface area contributed by atoms with Crippen molar-refractivity contribution >= 4 is 39.1 Å². The summed E-state index contributed by atoms with van der Waals surface area (Å²) in [5.74, 6) is 1.10. The molecule has 1 aliphatic rings. The van der Waals surface area contributed by atoms with Gasteiger partial charge in [-0.25, -0.2) is 0 Å². The number of aromatic nitrogens is 2. The van der Waals surface area contributed by atoms with Gasteiger partial charge in [0.25, 0.3) is 5.56 Å². The Morgan fingerprint density at radius 3 is 2.38 bits per heavy atom. The number of halogens is 1. The first-order valence-electron chi connectivity index (χ1n) is 7.94. The predicted molar refractivity (Wildman–Crippen MR) is 102 cm³/mol. The van der Waals surface area contributed by atoms with Crippen LogP contribution in [-0.4, -0.2) is 23.1 Å². The van der Waals surface area contributed by atoms with Gasteiger partial charge in [-0.2, -0.15) is 10.1 Å². The molecule has 0 radical (unpaired) electrons. The fraction of sp³-hybridized carbons (Fsp3) is 0.375. The van der Waals surface area contributed by atoms with Crippen molar-refractivity contribution in [2.75, 3.05) is 34.0 Å². The molecule has 8 heteroatoms. The highest BCUT2D eigenvalue weighted by Crippen LogP contribution is 2.33. The van der Waals surface area contributed by atoms with Crippen LogP contribution in [0.3, 0.4) is 0 Å². The number of hydrazine groups is 2. The minimum absolute atomic E-state index is 0.190. The topological polar surface area (TPSA) is 76.3 Å². The number of aryl methyl sites for hydroxylation is 2. The molecule has 0 bridgehead atoms. The molecule has 0 fully saturated rings. The molecule has 0 spiro atoms. The van der Waals surface area contributed by atoms with Gasteiger partial charge in [-0.3, -0.25) is 20.6 Å². The van der Waals surface area contributed by atoms with Crippen molar-refractivity contribution in [1.82, 2.24) is 9.97 Å². The van der Waals surface area contributed by atoms with Crippen LogP contribution in [0.25, 0.3) is 0 Å².